The SMILES string of the molecule is CNCc1nnn(-c2ccc(C(C)C)cc2)n1. The minimum absolute atomic E-state index is 0.535. The molecule has 0 unspecified atom stereocenters. The van der Waals surface area contributed by atoms with Crippen molar-refractivity contribution in [3.8, 4) is 5.69 Å². The highest BCUT2D eigenvalue weighted by Crippen LogP contribution is 2.15. The van der Waals surface area contributed by atoms with E-state index in [1.54, 1.807) is 4.80 Å². The van der Waals surface area contributed by atoms with Crippen LogP contribution < -0.4 is 5.32 Å². The first-order valence-electron chi connectivity index (χ1n) is 5.74. The normalized spacial score (nSPS) is 11.1. The Kier molecular flexibility index (Phi) is 3.49. The van der Waals surface area contributed by atoms with E-state index in [1.165, 1.54) is 5.56 Å². The molecule has 17 heavy (non-hydrogen) atoms. The van der Waals surface area contributed by atoms with Crippen LogP contribution in [-0.4, -0.2) is 27.3 Å². The smallest absolute Gasteiger partial charge is 0.188 e. The largest absolute Gasteiger partial charge is 0.313 e. The second-order valence-electron chi connectivity index (χ2n) is 4.27. The van der Waals surface area contributed by atoms with Crippen LogP contribution in [-0.2, 0) is 6.54 Å². The highest BCUT2D eigenvalue weighted by atomic mass is 15.6. The zero-order chi connectivity index (χ0) is 12.3. The molecule has 0 aliphatic carbocycles. The average Bonchev–Trinajstić information content (AvgIpc) is 2.78. The Morgan fingerprint density at radius 2 is 1.94 bits per heavy atom. The van der Waals surface area contributed by atoms with Gasteiger partial charge < -0.3 is 5.32 Å². The lowest BCUT2D eigenvalue weighted by Crippen LogP contribution is -2.07. The Balaban J connectivity index is 2.21. The lowest BCUT2D eigenvalue weighted by atomic mass is 10.0. The van der Waals surface area contributed by atoms with Gasteiger partial charge in [-0.15, -0.1) is 15.0 Å². The van der Waals surface area contributed by atoms with Crippen LogP contribution in [0.1, 0.15) is 31.2 Å². The first kappa shape index (κ1) is 11.7. The molecule has 1 N–H and O–H groups in total. The highest BCUT2D eigenvalue weighted by Gasteiger charge is 2.04. The molecule has 0 atom stereocenters. The number of hydrogen-bond donors (Lipinski definition) is 1. The van der Waals surface area contributed by atoms with Crippen molar-refractivity contribution in [1.82, 2.24) is 25.5 Å². The third kappa shape index (κ3) is 2.68. The molecule has 0 amide bonds. The monoisotopic (exact) mass is 231 g/mol. The van der Waals surface area contributed by atoms with Crippen LogP contribution in [0.5, 0.6) is 0 Å². The van der Waals surface area contributed by atoms with Gasteiger partial charge in [-0.05, 0) is 35.9 Å². The lowest BCUT2D eigenvalue weighted by Gasteiger charge is -2.05. The summed E-state index contributed by atoms with van der Waals surface area (Å²) < 4.78 is 0. The van der Waals surface area contributed by atoms with Gasteiger partial charge in [-0.1, -0.05) is 26.0 Å². The standard InChI is InChI=1S/C12H17N5/c1-9(2)10-4-6-11(7-5-10)17-15-12(8-13-3)14-16-17/h4-7,9,13H,8H2,1-3H3. The van der Waals surface area contributed by atoms with Crippen LogP contribution in [0.15, 0.2) is 24.3 Å². The molecule has 0 saturated heterocycles. The van der Waals surface area contributed by atoms with E-state index in [0.29, 0.717) is 18.3 Å². The summed E-state index contributed by atoms with van der Waals surface area (Å²) >= 11 is 0. The molecule has 0 saturated carbocycles. The third-order valence-corrected chi connectivity index (χ3v) is 2.58. The molecule has 0 fully saturated rings. The topological polar surface area (TPSA) is 55.6 Å². The van der Waals surface area contributed by atoms with Gasteiger partial charge in [-0.2, -0.15) is 0 Å². The minimum atomic E-state index is 0.535. The maximum absolute atomic E-state index is 4.28. The van der Waals surface area contributed by atoms with Gasteiger partial charge in [0.2, 0.25) is 0 Å². The predicted octanol–water partition coefficient (Wildman–Crippen LogP) is 1.51. The summed E-state index contributed by atoms with van der Waals surface area (Å²) in [6.07, 6.45) is 0. The van der Waals surface area contributed by atoms with Gasteiger partial charge in [-0.3, -0.25) is 0 Å². The number of nitrogens with one attached hydrogen (secondary N) is 1. The summed E-state index contributed by atoms with van der Waals surface area (Å²) in [5.41, 5.74) is 2.24. The molecule has 0 radical (unpaired) electrons. The van der Waals surface area contributed by atoms with E-state index >= 15 is 0 Å². The van der Waals surface area contributed by atoms with Gasteiger partial charge >= 0.3 is 0 Å². The van der Waals surface area contributed by atoms with E-state index in [-0.39, 0.29) is 0 Å². The van der Waals surface area contributed by atoms with Crippen molar-refractivity contribution in [3.05, 3.63) is 35.7 Å². The van der Waals surface area contributed by atoms with Crippen LogP contribution in [0.2, 0.25) is 0 Å². The number of rotatable bonds is 4. The van der Waals surface area contributed by atoms with Crippen molar-refractivity contribution < 1.29 is 0 Å². The molecule has 1 aromatic carbocycles. The van der Waals surface area contributed by atoms with Gasteiger partial charge in [0.15, 0.2) is 5.82 Å². The molecule has 1 aromatic heterocycles. The Bertz CT molecular complexity index is 472. The first-order valence-corrected chi connectivity index (χ1v) is 5.74. The van der Waals surface area contributed by atoms with Gasteiger partial charge in [0.1, 0.15) is 0 Å². The molecule has 5 nitrogen and oxygen atoms in total. The number of tetrazole rings is 1. The van der Waals surface area contributed by atoms with Crippen LogP contribution in [0.4, 0.5) is 0 Å². The van der Waals surface area contributed by atoms with E-state index < -0.39 is 0 Å². The Morgan fingerprint density at radius 3 is 2.53 bits per heavy atom. The first-order chi connectivity index (χ1) is 8.20. The fourth-order valence-corrected chi connectivity index (χ4v) is 1.57. The second-order valence-corrected chi connectivity index (χ2v) is 4.27. The van der Waals surface area contributed by atoms with E-state index in [1.807, 2.05) is 19.2 Å². The fourth-order valence-electron chi connectivity index (χ4n) is 1.57. The van der Waals surface area contributed by atoms with Crippen LogP contribution >= 0.6 is 0 Å². The maximum Gasteiger partial charge on any atom is 0.188 e. The maximum atomic E-state index is 4.28. The van der Waals surface area contributed by atoms with Crippen molar-refractivity contribution in [2.75, 3.05) is 7.05 Å². The van der Waals surface area contributed by atoms with Gasteiger partial charge in [0, 0.05) is 0 Å². The number of nitrogens with zero attached hydrogens (tertiary/aromatic N) is 4. The predicted molar refractivity (Wildman–Crippen MR) is 66.0 cm³/mol. The minimum Gasteiger partial charge on any atom is -0.313 e. The highest BCUT2D eigenvalue weighted by molar-refractivity contribution is 5.33. The molecule has 2 aromatic rings. The van der Waals surface area contributed by atoms with Crippen molar-refractivity contribution >= 4 is 0 Å². The summed E-state index contributed by atoms with van der Waals surface area (Å²) in [6, 6.07) is 8.22. The molecule has 5 heteroatoms. The summed E-state index contributed by atoms with van der Waals surface area (Å²) in [5, 5.41) is 15.2. The quantitative estimate of drug-likeness (QED) is 0.866. The number of hydrogen-bond acceptors (Lipinski definition) is 4. The number of benzene rings is 1. The fraction of sp³-hybridized carbons (Fsp3) is 0.417. The van der Waals surface area contributed by atoms with E-state index in [2.05, 4.69) is 46.7 Å². The van der Waals surface area contributed by atoms with E-state index in [0.717, 1.165) is 5.69 Å². The summed E-state index contributed by atoms with van der Waals surface area (Å²) in [5.74, 6) is 1.23. The summed E-state index contributed by atoms with van der Waals surface area (Å²) in [7, 11) is 1.86. The summed E-state index contributed by atoms with van der Waals surface area (Å²) in [6.45, 7) is 4.98. The molecule has 1 heterocycles. The Labute approximate surface area is 101 Å². The second kappa shape index (κ2) is 5.05. The molecule has 2 rings (SSSR count). The van der Waals surface area contributed by atoms with Crippen LogP contribution in [0.25, 0.3) is 5.69 Å². The zero-order valence-electron chi connectivity index (χ0n) is 10.4. The van der Waals surface area contributed by atoms with Crippen LogP contribution in [0, 0.1) is 0 Å². The molecule has 0 aliphatic rings. The van der Waals surface area contributed by atoms with Crippen molar-refractivity contribution in [2.24, 2.45) is 0 Å². The van der Waals surface area contributed by atoms with Crippen molar-refractivity contribution in [3.63, 3.8) is 0 Å². The molecule has 0 bridgehead atoms. The van der Waals surface area contributed by atoms with Crippen molar-refractivity contribution in [2.45, 2.75) is 26.3 Å². The van der Waals surface area contributed by atoms with Gasteiger partial charge in [-0.25, -0.2) is 0 Å². The van der Waals surface area contributed by atoms with Crippen molar-refractivity contribution in [1.29, 1.82) is 0 Å². The third-order valence-electron chi connectivity index (χ3n) is 2.58. The molecule has 90 valence electrons. The van der Waals surface area contributed by atoms with Gasteiger partial charge in [0.05, 0.1) is 12.2 Å². The lowest BCUT2D eigenvalue weighted by molar-refractivity contribution is 0.710. The Hall–Kier alpha value is -1.75. The zero-order valence-corrected chi connectivity index (χ0v) is 10.4. The number of aromatic nitrogens is 4. The van der Waals surface area contributed by atoms with Gasteiger partial charge in [0.25, 0.3) is 0 Å². The molecule has 0 spiro atoms. The average molecular weight is 231 g/mol. The molecular weight excluding hydrogens is 214 g/mol. The van der Waals surface area contributed by atoms with E-state index in [9.17, 15) is 0 Å². The molecule has 0 aliphatic heterocycles. The van der Waals surface area contributed by atoms with Crippen LogP contribution in [0.3, 0.4) is 0 Å². The summed E-state index contributed by atoms with van der Waals surface area (Å²) in [4.78, 5) is 1.55. The Morgan fingerprint density at radius 1 is 1.24 bits per heavy atom. The molecular formula is C12H17N5. The van der Waals surface area contributed by atoms with E-state index in [4.69, 9.17) is 0 Å².